The molecule has 1 fully saturated rings. The van der Waals surface area contributed by atoms with Gasteiger partial charge in [-0.2, -0.15) is 0 Å². The summed E-state index contributed by atoms with van der Waals surface area (Å²) >= 11 is 0. The van der Waals surface area contributed by atoms with E-state index >= 15 is 0 Å². The SMILES string of the molecule is COc1cc(C(=O)N2CCC3(CC2)NC(=O)c2cc(C(=O)O)ccc2O3)cc2c(OC)cccc12. The smallest absolute Gasteiger partial charge is 0.335 e. The van der Waals surface area contributed by atoms with Crippen LogP contribution in [0.3, 0.4) is 0 Å². The number of piperidine rings is 1. The topological polar surface area (TPSA) is 114 Å². The van der Waals surface area contributed by atoms with E-state index in [2.05, 4.69) is 5.32 Å². The number of likely N-dealkylation sites (tertiary alicyclic amines) is 1. The highest BCUT2D eigenvalue weighted by Crippen LogP contribution is 2.36. The second-order valence-electron chi connectivity index (χ2n) is 8.59. The molecule has 1 saturated heterocycles. The maximum Gasteiger partial charge on any atom is 0.335 e. The molecule has 2 amide bonds. The van der Waals surface area contributed by atoms with Crippen LogP contribution in [0.25, 0.3) is 10.8 Å². The van der Waals surface area contributed by atoms with Gasteiger partial charge in [-0.15, -0.1) is 0 Å². The number of aromatic carboxylic acids is 1. The highest BCUT2D eigenvalue weighted by Gasteiger charge is 2.43. The van der Waals surface area contributed by atoms with Crippen LogP contribution >= 0.6 is 0 Å². The number of carboxylic acid groups (broad SMARTS) is 1. The largest absolute Gasteiger partial charge is 0.496 e. The zero-order chi connectivity index (χ0) is 24.7. The molecule has 2 heterocycles. The first-order valence-electron chi connectivity index (χ1n) is 11.2. The van der Waals surface area contributed by atoms with Gasteiger partial charge in [-0.3, -0.25) is 9.59 Å². The van der Waals surface area contributed by atoms with Crippen LogP contribution in [0.15, 0.2) is 48.5 Å². The molecule has 9 heteroatoms. The lowest BCUT2D eigenvalue weighted by Gasteiger charge is -2.44. The molecule has 0 aromatic heterocycles. The Hall–Kier alpha value is -4.27. The first kappa shape index (κ1) is 22.5. The molecule has 1 spiro atoms. The summed E-state index contributed by atoms with van der Waals surface area (Å²) in [6.45, 7) is 0.738. The first-order valence-corrected chi connectivity index (χ1v) is 11.2. The van der Waals surface area contributed by atoms with Crippen molar-refractivity contribution in [2.75, 3.05) is 27.3 Å². The Bertz CT molecular complexity index is 1360. The van der Waals surface area contributed by atoms with E-state index in [1.165, 1.54) is 18.2 Å². The number of hydrogen-bond donors (Lipinski definition) is 2. The monoisotopic (exact) mass is 476 g/mol. The molecule has 2 aliphatic heterocycles. The van der Waals surface area contributed by atoms with Gasteiger partial charge in [0.2, 0.25) is 0 Å². The van der Waals surface area contributed by atoms with Gasteiger partial charge < -0.3 is 29.5 Å². The zero-order valence-corrected chi connectivity index (χ0v) is 19.3. The molecule has 2 aliphatic rings. The minimum atomic E-state index is -1.12. The fourth-order valence-electron chi connectivity index (χ4n) is 4.71. The van der Waals surface area contributed by atoms with Crippen LogP contribution in [0.4, 0.5) is 0 Å². The summed E-state index contributed by atoms with van der Waals surface area (Å²) in [7, 11) is 3.15. The number of nitrogens with zero attached hydrogens (tertiary/aromatic N) is 1. The van der Waals surface area contributed by atoms with Gasteiger partial charge in [0.15, 0.2) is 5.72 Å². The molecule has 5 rings (SSSR count). The van der Waals surface area contributed by atoms with E-state index in [9.17, 15) is 19.5 Å². The molecule has 0 bridgehead atoms. The van der Waals surface area contributed by atoms with Crippen molar-refractivity contribution in [3.05, 3.63) is 65.2 Å². The molecule has 3 aromatic rings. The van der Waals surface area contributed by atoms with Crippen molar-refractivity contribution in [3.8, 4) is 17.2 Å². The molecule has 0 unspecified atom stereocenters. The number of carbonyl (C=O) groups is 3. The molecule has 9 nitrogen and oxygen atoms in total. The van der Waals surface area contributed by atoms with E-state index < -0.39 is 11.7 Å². The summed E-state index contributed by atoms with van der Waals surface area (Å²) < 4.78 is 17.1. The number of fused-ring (bicyclic) bond motifs is 2. The van der Waals surface area contributed by atoms with Crippen LogP contribution in [-0.4, -0.2) is 60.8 Å². The van der Waals surface area contributed by atoms with E-state index in [4.69, 9.17) is 14.2 Å². The molecule has 180 valence electrons. The summed E-state index contributed by atoms with van der Waals surface area (Å²) in [5.74, 6) is -0.0878. The molecule has 0 aliphatic carbocycles. The van der Waals surface area contributed by atoms with E-state index in [1.807, 2.05) is 18.2 Å². The van der Waals surface area contributed by atoms with Gasteiger partial charge in [0.25, 0.3) is 11.8 Å². The first-order chi connectivity index (χ1) is 16.8. The standard InChI is InChI=1S/C26H24N2O7/c1-33-20-5-3-4-17-18(20)13-16(14-22(17)34-2)24(30)28-10-8-26(9-11-28)27-23(29)19-12-15(25(31)32)6-7-21(19)35-26/h3-7,12-14H,8-11H2,1-2H3,(H,27,29)(H,31,32). The number of carbonyl (C=O) groups excluding carboxylic acids is 2. The van der Waals surface area contributed by atoms with Crippen molar-refractivity contribution in [1.29, 1.82) is 0 Å². The second-order valence-corrected chi connectivity index (χ2v) is 8.59. The van der Waals surface area contributed by atoms with Gasteiger partial charge in [-0.25, -0.2) is 4.79 Å². The number of rotatable bonds is 4. The molecule has 3 aromatic carbocycles. The lowest BCUT2D eigenvalue weighted by atomic mass is 9.95. The van der Waals surface area contributed by atoms with Gasteiger partial charge in [-0.05, 0) is 36.4 Å². The highest BCUT2D eigenvalue weighted by molar-refractivity contribution is 6.03. The van der Waals surface area contributed by atoms with Gasteiger partial charge in [0, 0.05) is 42.3 Å². The van der Waals surface area contributed by atoms with Crippen LogP contribution in [0.2, 0.25) is 0 Å². The molecular formula is C26H24N2O7. The summed E-state index contributed by atoms with van der Waals surface area (Å²) in [5.41, 5.74) is -0.266. The molecule has 2 N–H and O–H groups in total. The predicted molar refractivity (Wildman–Crippen MR) is 126 cm³/mol. The van der Waals surface area contributed by atoms with Crippen LogP contribution in [-0.2, 0) is 0 Å². The van der Waals surface area contributed by atoms with Crippen LogP contribution in [0.1, 0.15) is 43.9 Å². The van der Waals surface area contributed by atoms with Crippen molar-refractivity contribution < 1.29 is 33.7 Å². The number of carboxylic acids is 1. The van der Waals surface area contributed by atoms with Crippen molar-refractivity contribution in [1.82, 2.24) is 10.2 Å². The molecule has 0 radical (unpaired) electrons. The lowest BCUT2D eigenvalue weighted by molar-refractivity contribution is -0.0245. The summed E-state index contributed by atoms with van der Waals surface area (Å²) in [4.78, 5) is 39.1. The second kappa shape index (κ2) is 8.50. The highest BCUT2D eigenvalue weighted by atomic mass is 16.5. The Kier molecular flexibility index (Phi) is 5.47. The number of nitrogens with one attached hydrogen (secondary N) is 1. The number of methoxy groups -OCH3 is 2. The fraction of sp³-hybridized carbons (Fsp3) is 0.269. The molecule has 0 saturated carbocycles. The van der Waals surface area contributed by atoms with Gasteiger partial charge >= 0.3 is 5.97 Å². The van der Waals surface area contributed by atoms with Crippen LogP contribution < -0.4 is 19.5 Å². The lowest BCUT2D eigenvalue weighted by Crippen LogP contribution is -2.61. The third kappa shape index (κ3) is 3.88. The maximum atomic E-state index is 13.4. The minimum absolute atomic E-state index is 0.0151. The Morgan fingerprint density at radius 2 is 1.71 bits per heavy atom. The summed E-state index contributed by atoms with van der Waals surface area (Å²) in [6.07, 6.45) is 0.775. The Morgan fingerprint density at radius 3 is 2.40 bits per heavy atom. The average Bonchev–Trinajstić information content (AvgIpc) is 2.87. The van der Waals surface area contributed by atoms with E-state index in [-0.39, 0.29) is 22.9 Å². The summed E-state index contributed by atoms with van der Waals surface area (Å²) in [5, 5.41) is 13.7. The van der Waals surface area contributed by atoms with Crippen molar-refractivity contribution in [2.45, 2.75) is 18.6 Å². The van der Waals surface area contributed by atoms with E-state index in [0.717, 1.165) is 10.8 Å². The van der Waals surface area contributed by atoms with Gasteiger partial charge in [-0.1, -0.05) is 12.1 Å². The quantitative estimate of drug-likeness (QED) is 0.594. The molecular weight excluding hydrogens is 452 g/mol. The van der Waals surface area contributed by atoms with Gasteiger partial charge in [0.05, 0.1) is 25.3 Å². The number of hydrogen-bond acceptors (Lipinski definition) is 6. The molecule has 35 heavy (non-hydrogen) atoms. The van der Waals surface area contributed by atoms with Crippen molar-refractivity contribution >= 4 is 28.6 Å². The number of benzene rings is 3. The zero-order valence-electron chi connectivity index (χ0n) is 19.3. The average molecular weight is 476 g/mol. The van der Waals surface area contributed by atoms with Crippen molar-refractivity contribution in [2.24, 2.45) is 0 Å². The Morgan fingerprint density at radius 1 is 0.971 bits per heavy atom. The predicted octanol–water partition coefficient (Wildman–Crippen LogP) is 3.31. The molecule has 0 atom stereocenters. The minimum Gasteiger partial charge on any atom is -0.496 e. The Balaban J connectivity index is 1.36. The third-order valence-electron chi connectivity index (χ3n) is 6.58. The number of ether oxygens (including phenoxy) is 3. The summed E-state index contributed by atoms with van der Waals surface area (Å²) in [6, 6.07) is 13.4. The van der Waals surface area contributed by atoms with Crippen LogP contribution in [0, 0.1) is 0 Å². The third-order valence-corrected chi connectivity index (χ3v) is 6.58. The normalized spacial score (nSPS) is 16.3. The maximum absolute atomic E-state index is 13.4. The fourth-order valence-corrected chi connectivity index (χ4v) is 4.71. The number of amides is 2. The van der Waals surface area contributed by atoms with Crippen molar-refractivity contribution in [3.63, 3.8) is 0 Å². The van der Waals surface area contributed by atoms with E-state index in [0.29, 0.717) is 48.7 Å². The van der Waals surface area contributed by atoms with E-state index in [1.54, 1.807) is 31.3 Å². The Labute approximate surface area is 201 Å². The van der Waals surface area contributed by atoms with Crippen LogP contribution in [0.5, 0.6) is 17.2 Å². The van der Waals surface area contributed by atoms with Gasteiger partial charge in [0.1, 0.15) is 17.2 Å².